The van der Waals surface area contributed by atoms with Crippen LogP contribution in [0.4, 0.5) is 0 Å². The van der Waals surface area contributed by atoms with Crippen LogP contribution in [-0.4, -0.2) is 29.9 Å². The van der Waals surface area contributed by atoms with Gasteiger partial charge in [0, 0.05) is 19.0 Å². The number of benzene rings is 1. The highest BCUT2D eigenvalue weighted by Crippen LogP contribution is 2.32. The van der Waals surface area contributed by atoms with Crippen LogP contribution in [0, 0.1) is 5.92 Å². The molecule has 1 saturated heterocycles. The molecular weight excluding hydrogens is 178 g/mol. The van der Waals surface area contributed by atoms with Crippen LogP contribution >= 0.6 is 0 Å². The number of hydrogen-bond acceptors (Lipinski definition) is 3. The second-order valence-electron chi connectivity index (χ2n) is 3.80. The standard InChI is InChI=1S/C11H15NO2/c13-7-10-6-12-8-11(10,14)9-4-2-1-3-5-9/h1-5,10,12-14H,6-8H2. The fraction of sp³-hybridized carbons (Fsp3) is 0.455. The van der Waals surface area contributed by atoms with Gasteiger partial charge in [0.25, 0.3) is 0 Å². The molecule has 0 saturated carbocycles. The molecule has 1 heterocycles. The molecule has 3 heteroatoms. The Bertz CT molecular complexity index is 301. The Morgan fingerprint density at radius 1 is 1.36 bits per heavy atom. The smallest absolute Gasteiger partial charge is 0.108 e. The second-order valence-corrected chi connectivity index (χ2v) is 3.80. The molecule has 1 aromatic carbocycles. The summed E-state index contributed by atoms with van der Waals surface area (Å²) in [7, 11) is 0. The highest BCUT2D eigenvalue weighted by Gasteiger charge is 2.41. The molecule has 2 unspecified atom stereocenters. The van der Waals surface area contributed by atoms with Gasteiger partial charge in [-0.15, -0.1) is 0 Å². The maximum absolute atomic E-state index is 10.4. The van der Waals surface area contributed by atoms with Crippen molar-refractivity contribution in [3.63, 3.8) is 0 Å². The fourth-order valence-corrected chi connectivity index (χ4v) is 2.03. The van der Waals surface area contributed by atoms with Crippen LogP contribution in [0.25, 0.3) is 0 Å². The van der Waals surface area contributed by atoms with Crippen molar-refractivity contribution in [2.24, 2.45) is 5.92 Å². The fourth-order valence-electron chi connectivity index (χ4n) is 2.03. The highest BCUT2D eigenvalue weighted by molar-refractivity contribution is 5.25. The van der Waals surface area contributed by atoms with E-state index in [4.69, 9.17) is 5.11 Å². The zero-order valence-corrected chi connectivity index (χ0v) is 7.98. The Kier molecular flexibility index (Phi) is 2.54. The Hall–Kier alpha value is -0.900. The summed E-state index contributed by atoms with van der Waals surface area (Å²) in [6.07, 6.45) is 0. The predicted molar refractivity (Wildman–Crippen MR) is 53.8 cm³/mol. The van der Waals surface area contributed by atoms with Gasteiger partial charge in [-0.05, 0) is 5.56 Å². The molecule has 0 aromatic heterocycles. The van der Waals surface area contributed by atoms with Crippen molar-refractivity contribution in [2.75, 3.05) is 19.7 Å². The minimum Gasteiger partial charge on any atom is -0.396 e. The van der Waals surface area contributed by atoms with Crippen LogP contribution in [0.5, 0.6) is 0 Å². The molecule has 2 rings (SSSR count). The Morgan fingerprint density at radius 2 is 2.07 bits per heavy atom. The van der Waals surface area contributed by atoms with E-state index in [9.17, 15) is 5.11 Å². The van der Waals surface area contributed by atoms with Crippen LogP contribution in [0.3, 0.4) is 0 Å². The first kappa shape index (κ1) is 9.65. The topological polar surface area (TPSA) is 52.5 Å². The van der Waals surface area contributed by atoms with Gasteiger partial charge in [-0.25, -0.2) is 0 Å². The van der Waals surface area contributed by atoms with Gasteiger partial charge in [-0.2, -0.15) is 0 Å². The molecule has 2 atom stereocenters. The molecule has 3 nitrogen and oxygen atoms in total. The van der Waals surface area contributed by atoms with Crippen LogP contribution < -0.4 is 5.32 Å². The minimum atomic E-state index is -0.907. The van der Waals surface area contributed by atoms with E-state index in [0.717, 1.165) is 5.56 Å². The lowest BCUT2D eigenvalue weighted by molar-refractivity contribution is -0.00909. The van der Waals surface area contributed by atoms with E-state index in [1.54, 1.807) is 0 Å². The maximum atomic E-state index is 10.4. The number of nitrogens with one attached hydrogen (secondary N) is 1. The van der Waals surface area contributed by atoms with E-state index < -0.39 is 5.60 Å². The van der Waals surface area contributed by atoms with E-state index >= 15 is 0 Å². The lowest BCUT2D eigenvalue weighted by Crippen LogP contribution is -2.36. The Morgan fingerprint density at radius 3 is 2.71 bits per heavy atom. The molecule has 0 amide bonds. The van der Waals surface area contributed by atoms with Gasteiger partial charge in [0.15, 0.2) is 0 Å². The average Bonchev–Trinajstić information content (AvgIpc) is 2.62. The number of aliphatic hydroxyl groups is 2. The molecule has 14 heavy (non-hydrogen) atoms. The van der Waals surface area contributed by atoms with E-state index in [0.29, 0.717) is 13.1 Å². The molecule has 0 spiro atoms. The Labute approximate surface area is 83.4 Å². The third-order valence-electron chi connectivity index (χ3n) is 2.95. The van der Waals surface area contributed by atoms with Gasteiger partial charge in [0.2, 0.25) is 0 Å². The van der Waals surface area contributed by atoms with E-state index in [1.165, 1.54) is 0 Å². The summed E-state index contributed by atoms with van der Waals surface area (Å²) in [6, 6.07) is 9.52. The largest absolute Gasteiger partial charge is 0.396 e. The van der Waals surface area contributed by atoms with Crippen molar-refractivity contribution < 1.29 is 10.2 Å². The maximum Gasteiger partial charge on any atom is 0.108 e. The molecular formula is C11H15NO2. The van der Waals surface area contributed by atoms with Gasteiger partial charge in [0.1, 0.15) is 5.60 Å². The number of β-amino-alcohol motifs (C(OH)–C–C–N with tert-alkyl or cyclic N) is 1. The normalized spacial score (nSPS) is 32.0. The summed E-state index contributed by atoms with van der Waals surface area (Å²) in [5, 5.41) is 22.7. The summed E-state index contributed by atoms with van der Waals surface area (Å²) in [4.78, 5) is 0. The van der Waals surface area contributed by atoms with Crippen LogP contribution in [0.1, 0.15) is 5.56 Å². The Balaban J connectivity index is 2.31. The molecule has 0 radical (unpaired) electrons. The molecule has 76 valence electrons. The molecule has 0 aliphatic carbocycles. The van der Waals surface area contributed by atoms with Gasteiger partial charge in [-0.1, -0.05) is 30.3 Å². The van der Waals surface area contributed by atoms with Gasteiger partial charge in [-0.3, -0.25) is 0 Å². The lowest BCUT2D eigenvalue weighted by atomic mass is 9.84. The van der Waals surface area contributed by atoms with Crippen molar-refractivity contribution in [1.82, 2.24) is 5.32 Å². The lowest BCUT2D eigenvalue weighted by Gasteiger charge is -2.28. The van der Waals surface area contributed by atoms with Gasteiger partial charge >= 0.3 is 0 Å². The van der Waals surface area contributed by atoms with Gasteiger partial charge in [0.05, 0.1) is 6.61 Å². The number of aliphatic hydroxyl groups excluding tert-OH is 1. The SMILES string of the molecule is OCC1CNCC1(O)c1ccccc1. The summed E-state index contributed by atoms with van der Waals surface area (Å²) in [6.45, 7) is 1.20. The van der Waals surface area contributed by atoms with Crippen molar-refractivity contribution >= 4 is 0 Å². The average molecular weight is 193 g/mol. The second kappa shape index (κ2) is 3.69. The molecule has 3 N–H and O–H groups in total. The van der Waals surface area contributed by atoms with Crippen molar-refractivity contribution in [3.8, 4) is 0 Å². The first-order valence-electron chi connectivity index (χ1n) is 4.87. The summed E-state index contributed by atoms with van der Waals surface area (Å²) in [5.41, 5.74) is -0.0280. The van der Waals surface area contributed by atoms with E-state index in [2.05, 4.69) is 5.32 Å². The van der Waals surface area contributed by atoms with Crippen LogP contribution in [0.15, 0.2) is 30.3 Å². The first-order chi connectivity index (χ1) is 6.77. The quantitative estimate of drug-likeness (QED) is 0.623. The molecule has 0 bridgehead atoms. The van der Waals surface area contributed by atoms with E-state index in [1.807, 2.05) is 30.3 Å². The van der Waals surface area contributed by atoms with Crippen LogP contribution in [-0.2, 0) is 5.60 Å². The van der Waals surface area contributed by atoms with E-state index in [-0.39, 0.29) is 12.5 Å². The van der Waals surface area contributed by atoms with Gasteiger partial charge < -0.3 is 15.5 Å². The third-order valence-corrected chi connectivity index (χ3v) is 2.95. The first-order valence-corrected chi connectivity index (χ1v) is 4.87. The minimum absolute atomic E-state index is 0.0123. The van der Waals surface area contributed by atoms with Crippen molar-refractivity contribution in [1.29, 1.82) is 0 Å². The zero-order chi connectivity index (χ0) is 10.0. The van der Waals surface area contributed by atoms with Crippen LogP contribution in [0.2, 0.25) is 0 Å². The molecule has 1 aromatic rings. The number of rotatable bonds is 2. The van der Waals surface area contributed by atoms with Crippen molar-refractivity contribution in [3.05, 3.63) is 35.9 Å². The predicted octanol–water partition coefficient (Wildman–Crippen LogP) is 0.0859. The molecule has 1 fully saturated rings. The molecule has 1 aliphatic heterocycles. The zero-order valence-electron chi connectivity index (χ0n) is 7.98. The third kappa shape index (κ3) is 1.43. The van der Waals surface area contributed by atoms with Crippen molar-refractivity contribution in [2.45, 2.75) is 5.60 Å². The number of hydrogen-bond donors (Lipinski definition) is 3. The summed E-state index contributed by atoms with van der Waals surface area (Å²) >= 11 is 0. The summed E-state index contributed by atoms with van der Waals surface area (Å²) in [5.74, 6) is -0.107. The molecule has 1 aliphatic rings. The highest BCUT2D eigenvalue weighted by atomic mass is 16.3. The summed E-state index contributed by atoms with van der Waals surface area (Å²) < 4.78 is 0. The monoisotopic (exact) mass is 193 g/mol.